The van der Waals surface area contributed by atoms with Crippen molar-refractivity contribution >= 4 is 34.4 Å². The van der Waals surface area contributed by atoms with E-state index < -0.39 is 0 Å². The standard InChI is InChI=1S/C32H34N10O2/c43-32(37-28-5-1-2-13-34-28)36-25-8-6-24(7-9-25)29-38-30(41-16-18-44-19-17-41)27-21-35-42(31(27)39-29)26-10-14-40(15-11-26)22-23-4-3-12-33-20-23/h1-9,12-13,20-21,26H,10-11,14-19,22H2,(H2,34,36,37,43). The Morgan fingerprint density at radius 3 is 2.48 bits per heavy atom. The fraction of sp³-hybridized carbons (Fsp3) is 0.312. The molecule has 1 aromatic carbocycles. The Labute approximate surface area is 255 Å². The van der Waals surface area contributed by atoms with Crippen LogP contribution < -0.4 is 15.5 Å². The van der Waals surface area contributed by atoms with E-state index >= 15 is 0 Å². The number of hydrogen-bond acceptors (Lipinski definition) is 9. The average Bonchev–Trinajstić information content (AvgIpc) is 3.50. The minimum absolute atomic E-state index is 0.252. The molecule has 0 spiro atoms. The summed E-state index contributed by atoms with van der Waals surface area (Å²) >= 11 is 0. The molecule has 0 unspecified atom stereocenters. The van der Waals surface area contributed by atoms with Gasteiger partial charge in [-0.25, -0.2) is 24.4 Å². The van der Waals surface area contributed by atoms with Crippen molar-refractivity contribution in [3.8, 4) is 11.4 Å². The summed E-state index contributed by atoms with van der Waals surface area (Å²) in [5.41, 5.74) is 3.59. The largest absolute Gasteiger partial charge is 0.378 e. The predicted molar refractivity (Wildman–Crippen MR) is 168 cm³/mol. The fourth-order valence-electron chi connectivity index (χ4n) is 5.81. The van der Waals surface area contributed by atoms with Gasteiger partial charge in [-0.2, -0.15) is 5.10 Å². The van der Waals surface area contributed by atoms with Crippen molar-refractivity contribution in [2.45, 2.75) is 25.4 Å². The minimum atomic E-state index is -0.362. The number of urea groups is 1. The van der Waals surface area contributed by atoms with E-state index in [0.29, 0.717) is 30.5 Å². The van der Waals surface area contributed by atoms with Gasteiger partial charge in [0.15, 0.2) is 11.5 Å². The van der Waals surface area contributed by atoms with Crippen molar-refractivity contribution in [2.24, 2.45) is 0 Å². The first-order chi connectivity index (χ1) is 21.7. The van der Waals surface area contributed by atoms with Crippen LogP contribution in [0, 0.1) is 0 Å². The van der Waals surface area contributed by atoms with Crippen LogP contribution in [0.5, 0.6) is 0 Å². The van der Waals surface area contributed by atoms with Crippen LogP contribution in [0.25, 0.3) is 22.4 Å². The minimum Gasteiger partial charge on any atom is -0.378 e. The topological polar surface area (TPSA) is 126 Å². The number of fused-ring (bicyclic) bond motifs is 1. The Hall–Kier alpha value is -4.94. The van der Waals surface area contributed by atoms with E-state index in [1.807, 2.05) is 55.0 Å². The Balaban J connectivity index is 1.13. The number of nitrogens with one attached hydrogen (secondary N) is 2. The van der Waals surface area contributed by atoms with Gasteiger partial charge in [0, 0.05) is 62.6 Å². The maximum absolute atomic E-state index is 12.5. The number of piperidine rings is 1. The number of carbonyl (C=O) groups excluding carboxylic acids is 1. The molecular formula is C32H34N10O2. The van der Waals surface area contributed by atoms with Gasteiger partial charge in [-0.05, 0) is 60.9 Å². The van der Waals surface area contributed by atoms with Crippen LogP contribution in [-0.4, -0.2) is 80.0 Å². The van der Waals surface area contributed by atoms with Gasteiger partial charge < -0.3 is 15.0 Å². The lowest BCUT2D eigenvalue weighted by Crippen LogP contribution is -2.37. The predicted octanol–water partition coefficient (Wildman–Crippen LogP) is 4.60. The summed E-state index contributed by atoms with van der Waals surface area (Å²) in [7, 11) is 0. The molecule has 0 atom stereocenters. The van der Waals surface area contributed by atoms with Gasteiger partial charge in [0.2, 0.25) is 0 Å². The molecule has 0 saturated carbocycles. The lowest BCUT2D eigenvalue weighted by molar-refractivity contribution is 0.122. The number of nitrogens with zero attached hydrogens (tertiary/aromatic N) is 8. The monoisotopic (exact) mass is 590 g/mol. The number of ether oxygens (including phenoxy) is 1. The zero-order valence-corrected chi connectivity index (χ0v) is 24.3. The Bertz CT molecular complexity index is 1700. The lowest BCUT2D eigenvalue weighted by Gasteiger charge is -2.32. The van der Waals surface area contributed by atoms with Crippen LogP contribution in [0.2, 0.25) is 0 Å². The summed E-state index contributed by atoms with van der Waals surface area (Å²) in [4.78, 5) is 35.7. The second-order valence-electron chi connectivity index (χ2n) is 11.0. The summed E-state index contributed by atoms with van der Waals surface area (Å²) in [6, 6.07) is 16.9. The third kappa shape index (κ3) is 6.21. The molecule has 2 aliphatic heterocycles. The number of likely N-dealkylation sites (tertiary alicyclic amines) is 1. The van der Waals surface area contributed by atoms with Crippen molar-refractivity contribution in [3.63, 3.8) is 0 Å². The molecule has 2 N–H and O–H groups in total. The number of carbonyl (C=O) groups is 1. The number of rotatable bonds is 7. The van der Waals surface area contributed by atoms with E-state index in [-0.39, 0.29) is 12.1 Å². The lowest BCUT2D eigenvalue weighted by atomic mass is 10.0. The first-order valence-electron chi connectivity index (χ1n) is 15.0. The van der Waals surface area contributed by atoms with Crippen LogP contribution in [-0.2, 0) is 11.3 Å². The first-order valence-corrected chi connectivity index (χ1v) is 15.0. The van der Waals surface area contributed by atoms with E-state index in [0.717, 1.165) is 68.0 Å². The fourth-order valence-corrected chi connectivity index (χ4v) is 5.81. The van der Waals surface area contributed by atoms with E-state index in [4.69, 9.17) is 19.8 Å². The van der Waals surface area contributed by atoms with Crippen LogP contribution in [0.15, 0.2) is 79.4 Å². The Kier molecular flexibility index (Phi) is 8.07. The van der Waals surface area contributed by atoms with Crippen molar-refractivity contribution in [2.75, 3.05) is 54.9 Å². The number of amides is 2. The number of hydrogen-bond donors (Lipinski definition) is 2. The summed E-state index contributed by atoms with van der Waals surface area (Å²) < 4.78 is 7.73. The molecule has 0 radical (unpaired) electrons. The molecule has 0 aliphatic carbocycles. The highest BCUT2D eigenvalue weighted by Crippen LogP contribution is 2.32. The molecule has 7 rings (SSSR count). The third-order valence-electron chi connectivity index (χ3n) is 8.08. The molecule has 224 valence electrons. The quantitative estimate of drug-likeness (QED) is 0.280. The number of benzene rings is 1. The SMILES string of the molecule is O=C(Nc1ccc(-c2nc(N3CCOCC3)c3cnn(C4CCN(Cc5cccnc5)CC4)c3n2)cc1)Nc1ccccn1. The first kappa shape index (κ1) is 27.9. The normalized spacial score (nSPS) is 16.2. The van der Waals surface area contributed by atoms with Gasteiger partial charge in [0.05, 0.1) is 30.8 Å². The Morgan fingerprint density at radius 1 is 0.886 bits per heavy atom. The van der Waals surface area contributed by atoms with Crippen molar-refractivity contribution in [1.29, 1.82) is 0 Å². The van der Waals surface area contributed by atoms with Gasteiger partial charge in [-0.15, -0.1) is 0 Å². The van der Waals surface area contributed by atoms with Crippen LogP contribution in [0.1, 0.15) is 24.4 Å². The molecule has 2 aliphatic rings. The van der Waals surface area contributed by atoms with Gasteiger partial charge in [-0.1, -0.05) is 12.1 Å². The summed E-state index contributed by atoms with van der Waals surface area (Å²) in [5, 5.41) is 11.4. The smallest absolute Gasteiger partial charge is 0.324 e. The third-order valence-corrected chi connectivity index (χ3v) is 8.08. The van der Waals surface area contributed by atoms with Gasteiger partial charge in [-0.3, -0.25) is 15.2 Å². The highest BCUT2D eigenvalue weighted by Gasteiger charge is 2.26. The summed E-state index contributed by atoms with van der Waals surface area (Å²) in [5.74, 6) is 1.99. The second-order valence-corrected chi connectivity index (χ2v) is 11.0. The maximum Gasteiger partial charge on any atom is 0.324 e. The summed E-state index contributed by atoms with van der Waals surface area (Å²) in [6.07, 6.45) is 9.28. The second kappa shape index (κ2) is 12.7. The molecule has 6 heterocycles. The average molecular weight is 591 g/mol. The Morgan fingerprint density at radius 2 is 1.73 bits per heavy atom. The molecule has 44 heavy (non-hydrogen) atoms. The molecule has 4 aromatic heterocycles. The van der Waals surface area contributed by atoms with E-state index in [9.17, 15) is 4.79 Å². The number of morpholine rings is 1. The number of aromatic nitrogens is 6. The molecule has 5 aromatic rings. The zero-order chi connectivity index (χ0) is 29.7. The van der Waals surface area contributed by atoms with E-state index in [1.54, 1.807) is 18.3 Å². The maximum atomic E-state index is 12.5. The highest BCUT2D eigenvalue weighted by atomic mass is 16.5. The van der Waals surface area contributed by atoms with Crippen LogP contribution >= 0.6 is 0 Å². The molecule has 0 bridgehead atoms. The van der Waals surface area contributed by atoms with E-state index in [2.05, 4.69) is 41.1 Å². The molecular weight excluding hydrogens is 556 g/mol. The van der Waals surface area contributed by atoms with Gasteiger partial charge in [0.25, 0.3) is 0 Å². The molecule has 2 saturated heterocycles. The molecule has 12 heteroatoms. The highest BCUT2D eigenvalue weighted by molar-refractivity contribution is 5.99. The van der Waals surface area contributed by atoms with Gasteiger partial charge in [0.1, 0.15) is 11.6 Å². The van der Waals surface area contributed by atoms with Crippen molar-refractivity contribution < 1.29 is 9.53 Å². The molecule has 12 nitrogen and oxygen atoms in total. The molecule has 2 amide bonds. The zero-order valence-electron chi connectivity index (χ0n) is 24.3. The van der Waals surface area contributed by atoms with Crippen LogP contribution in [0.3, 0.4) is 0 Å². The summed E-state index contributed by atoms with van der Waals surface area (Å²) in [6.45, 7) is 5.71. The van der Waals surface area contributed by atoms with Crippen molar-refractivity contribution in [3.05, 3.63) is 84.9 Å². The number of pyridine rings is 2. The van der Waals surface area contributed by atoms with Crippen molar-refractivity contribution in [1.82, 2.24) is 34.6 Å². The van der Waals surface area contributed by atoms with Crippen LogP contribution in [0.4, 0.5) is 22.1 Å². The van der Waals surface area contributed by atoms with E-state index in [1.165, 1.54) is 5.56 Å². The van der Waals surface area contributed by atoms with Gasteiger partial charge >= 0.3 is 6.03 Å². The number of anilines is 3. The molecule has 2 fully saturated rings.